The second kappa shape index (κ2) is 8.58. The van der Waals surface area contributed by atoms with Gasteiger partial charge in [-0.05, 0) is 30.3 Å². The first-order valence-electron chi connectivity index (χ1n) is 8.01. The summed E-state index contributed by atoms with van der Waals surface area (Å²) in [6.07, 6.45) is 0.118. The Balaban J connectivity index is 1.65. The number of methoxy groups -OCH3 is 1. The van der Waals surface area contributed by atoms with Crippen molar-refractivity contribution in [3.05, 3.63) is 47.5 Å². The van der Waals surface area contributed by atoms with Crippen molar-refractivity contribution in [1.82, 2.24) is 9.55 Å². The Hall–Kier alpha value is -2.32. The lowest BCUT2D eigenvalue weighted by atomic mass is 10.3. The molecule has 1 amide bonds. The second-order valence-electron chi connectivity index (χ2n) is 5.52. The average Bonchev–Trinajstić information content (AvgIpc) is 3.00. The highest BCUT2D eigenvalue weighted by Crippen LogP contribution is 2.30. The Labute approximate surface area is 163 Å². The highest BCUT2D eigenvalue weighted by molar-refractivity contribution is 7.99. The Bertz CT molecular complexity index is 965. The highest BCUT2D eigenvalue weighted by atomic mass is 35.5. The van der Waals surface area contributed by atoms with Gasteiger partial charge in [-0.1, -0.05) is 35.5 Å². The van der Waals surface area contributed by atoms with Gasteiger partial charge in [0.1, 0.15) is 5.75 Å². The van der Waals surface area contributed by atoms with Crippen LogP contribution in [0.1, 0.15) is 13.0 Å². The van der Waals surface area contributed by atoms with Crippen LogP contribution in [-0.2, 0) is 4.79 Å². The SMILES string of the molecule is COc1ccc(Cl)cc1NC(=O)CCSc1nc2ccccc2n1C(F)F. The number of rotatable bonds is 7. The maximum Gasteiger partial charge on any atom is 0.321 e. The monoisotopic (exact) mass is 411 g/mol. The van der Waals surface area contributed by atoms with Crippen LogP contribution >= 0.6 is 23.4 Å². The van der Waals surface area contributed by atoms with Crippen molar-refractivity contribution in [2.75, 3.05) is 18.2 Å². The maximum absolute atomic E-state index is 13.4. The van der Waals surface area contributed by atoms with Crippen LogP contribution in [0.3, 0.4) is 0 Å². The normalized spacial score (nSPS) is 11.1. The summed E-state index contributed by atoms with van der Waals surface area (Å²) in [4.78, 5) is 16.4. The molecule has 3 rings (SSSR count). The van der Waals surface area contributed by atoms with Crippen LogP contribution in [0.5, 0.6) is 5.75 Å². The zero-order valence-corrected chi connectivity index (χ0v) is 15.9. The number of thioether (sulfide) groups is 1. The van der Waals surface area contributed by atoms with Crippen molar-refractivity contribution < 1.29 is 18.3 Å². The van der Waals surface area contributed by atoms with Gasteiger partial charge in [0.25, 0.3) is 0 Å². The Morgan fingerprint density at radius 3 is 2.85 bits per heavy atom. The van der Waals surface area contributed by atoms with E-state index in [2.05, 4.69) is 10.3 Å². The number of amides is 1. The lowest BCUT2D eigenvalue weighted by Gasteiger charge is -2.10. The Kier molecular flexibility index (Phi) is 6.18. The summed E-state index contributed by atoms with van der Waals surface area (Å²) >= 11 is 7.04. The topological polar surface area (TPSA) is 56.1 Å². The Morgan fingerprint density at radius 2 is 2.11 bits per heavy atom. The van der Waals surface area contributed by atoms with Crippen molar-refractivity contribution in [2.45, 2.75) is 18.1 Å². The zero-order chi connectivity index (χ0) is 19.4. The number of alkyl halides is 2. The first-order valence-corrected chi connectivity index (χ1v) is 9.37. The molecule has 27 heavy (non-hydrogen) atoms. The fourth-order valence-corrected chi connectivity index (χ4v) is 3.66. The van der Waals surface area contributed by atoms with Gasteiger partial charge in [0, 0.05) is 17.2 Å². The summed E-state index contributed by atoms with van der Waals surface area (Å²) in [6, 6.07) is 11.6. The molecule has 0 bridgehead atoms. The molecule has 9 heteroatoms. The highest BCUT2D eigenvalue weighted by Gasteiger charge is 2.18. The number of nitrogens with zero attached hydrogens (tertiary/aromatic N) is 2. The molecule has 0 fully saturated rings. The van der Waals surface area contributed by atoms with E-state index in [4.69, 9.17) is 16.3 Å². The van der Waals surface area contributed by atoms with Gasteiger partial charge in [-0.2, -0.15) is 8.78 Å². The van der Waals surface area contributed by atoms with Crippen LogP contribution in [0.25, 0.3) is 11.0 Å². The molecule has 1 aromatic heterocycles. The number of aromatic nitrogens is 2. The van der Waals surface area contributed by atoms with E-state index in [1.54, 1.807) is 42.5 Å². The molecule has 0 radical (unpaired) electrons. The van der Waals surface area contributed by atoms with Crippen LogP contribution in [0.4, 0.5) is 14.5 Å². The summed E-state index contributed by atoms with van der Waals surface area (Å²) < 4.78 is 32.8. The standard InChI is InChI=1S/C18H16ClF2N3O2S/c1-26-15-7-6-11(19)10-13(15)22-16(25)8-9-27-18-23-12-4-2-3-5-14(12)24(18)17(20)21/h2-7,10,17H,8-9H2,1H3,(H,22,25). The van der Waals surface area contributed by atoms with Gasteiger partial charge in [0.15, 0.2) is 5.16 Å². The summed E-state index contributed by atoms with van der Waals surface area (Å²) in [7, 11) is 1.49. The fourth-order valence-electron chi connectivity index (χ4n) is 2.54. The number of nitrogens with one attached hydrogen (secondary N) is 1. The number of anilines is 1. The number of fused-ring (bicyclic) bond motifs is 1. The number of benzene rings is 2. The number of hydrogen-bond donors (Lipinski definition) is 1. The van der Waals surface area contributed by atoms with Gasteiger partial charge >= 0.3 is 6.55 Å². The van der Waals surface area contributed by atoms with Gasteiger partial charge in [0.2, 0.25) is 5.91 Å². The summed E-state index contributed by atoms with van der Waals surface area (Å²) in [5.41, 5.74) is 1.32. The molecular formula is C18H16ClF2N3O2S. The van der Waals surface area contributed by atoms with E-state index in [0.29, 0.717) is 33.2 Å². The number of halogens is 3. The number of carbonyl (C=O) groups excluding carboxylic acids is 1. The molecule has 1 heterocycles. The molecule has 2 aromatic carbocycles. The van der Waals surface area contributed by atoms with Crippen molar-refractivity contribution >= 4 is 46.0 Å². The van der Waals surface area contributed by atoms with Gasteiger partial charge in [-0.25, -0.2) is 4.98 Å². The van der Waals surface area contributed by atoms with Gasteiger partial charge in [-0.15, -0.1) is 0 Å². The van der Waals surface area contributed by atoms with Crippen molar-refractivity contribution in [3.8, 4) is 5.75 Å². The maximum atomic E-state index is 13.4. The lowest BCUT2D eigenvalue weighted by molar-refractivity contribution is -0.115. The summed E-state index contributed by atoms with van der Waals surface area (Å²) in [5.74, 6) is 0.507. The van der Waals surface area contributed by atoms with Crippen molar-refractivity contribution in [3.63, 3.8) is 0 Å². The molecule has 3 aromatic rings. The number of hydrogen-bond acceptors (Lipinski definition) is 4. The third kappa shape index (κ3) is 4.51. The van der Waals surface area contributed by atoms with Gasteiger partial charge < -0.3 is 10.1 Å². The number of para-hydroxylation sites is 2. The van der Waals surface area contributed by atoms with Crippen molar-refractivity contribution in [1.29, 1.82) is 0 Å². The zero-order valence-electron chi connectivity index (χ0n) is 14.3. The van der Waals surface area contributed by atoms with E-state index < -0.39 is 6.55 Å². The predicted octanol–water partition coefficient (Wildman–Crippen LogP) is 5.21. The molecule has 0 atom stereocenters. The van der Waals surface area contributed by atoms with Crippen molar-refractivity contribution in [2.24, 2.45) is 0 Å². The fraction of sp³-hybridized carbons (Fsp3) is 0.222. The number of ether oxygens (including phenoxy) is 1. The molecule has 0 aliphatic carbocycles. The molecule has 5 nitrogen and oxygen atoms in total. The summed E-state index contributed by atoms with van der Waals surface area (Å²) in [6.45, 7) is -2.70. The minimum atomic E-state index is -2.70. The third-order valence-corrected chi connectivity index (χ3v) is 4.94. The molecule has 0 aliphatic heterocycles. The molecule has 1 N–H and O–H groups in total. The smallest absolute Gasteiger partial charge is 0.321 e. The predicted molar refractivity (Wildman–Crippen MR) is 103 cm³/mol. The lowest BCUT2D eigenvalue weighted by Crippen LogP contribution is -2.13. The molecule has 0 spiro atoms. The van der Waals surface area contributed by atoms with Crippen LogP contribution in [0.2, 0.25) is 5.02 Å². The van der Waals surface area contributed by atoms with Gasteiger partial charge in [0.05, 0.1) is 23.8 Å². The molecule has 0 aliphatic rings. The quantitative estimate of drug-likeness (QED) is 0.542. The number of carbonyl (C=O) groups is 1. The Morgan fingerprint density at radius 1 is 1.33 bits per heavy atom. The van der Waals surface area contributed by atoms with Crippen LogP contribution in [-0.4, -0.2) is 28.3 Å². The second-order valence-corrected chi connectivity index (χ2v) is 7.02. The number of imidazole rings is 1. The van der Waals surface area contributed by atoms with Crippen LogP contribution in [0.15, 0.2) is 47.6 Å². The molecule has 0 saturated carbocycles. The first kappa shape index (κ1) is 19.4. The van der Waals surface area contributed by atoms with E-state index in [1.165, 1.54) is 7.11 Å². The molecular weight excluding hydrogens is 396 g/mol. The molecule has 142 valence electrons. The molecule has 0 saturated heterocycles. The van der Waals surface area contributed by atoms with E-state index in [9.17, 15) is 13.6 Å². The van der Waals surface area contributed by atoms with E-state index >= 15 is 0 Å². The van der Waals surface area contributed by atoms with Crippen LogP contribution in [0, 0.1) is 0 Å². The third-order valence-electron chi connectivity index (χ3n) is 3.75. The molecule has 0 unspecified atom stereocenters. The van der Waals surface area contributed by atoms with Gasteiger partial charge in [-0.3, -0.25) is 9.36 Å². The summed E-state index contributed by atoms with van der Waals surface area (Å²) in [5, 5.41) is 3.36. The minimum absolute atomic E-state index is 0.118. The largest absolute Gasteiger partial charge is 0.495 e. The van der Waals surface area contributed by atoms with E-state index in [-0.39, 0.29) is 17.5 Å². The first-order chi connectivity index (χ1) is 13.0. The minimum Gasteiger partial charge on any atom is -0.495 e. The van der Waals surface area contributed by atoms with E-state index in [0.717, 1.165) is 16.3 Å². The average molecular weight is 412 g/mol. The van der Waals surface area contributed by atoms with E-state index in [1.807, 2.05) is 0 Å². The van der Waals surface area contributed by atoms with Crippen LogP contribution < -0.4 is 10.1 Å².